The molecule has 2 aromatic rings. The van der Waals surface area contributed by atoms with Crippen LogP contribution in [0.5, 0.6) is 5.75 Å². The molecule has 1 heterocycles. The monoisotopic (exact) mass is 399 g/mol. The minimum absolute atomic E-state index is 0.0180. The van der Waals surface area contributed by atoms with Crippen molar-refractivity contribution in [1.29, 1.82) is 0 Å². The number of amides is 4. The van der Waals surface area contributed by atoms with Crippen molar-refractivity contribution in [3.8, 4) is 5.75 Å². The van der Waals surface area contributed by atoms with Gasteiger partial charge in [-0.25, -0.2) is 4.39 Å². The normalized spacial score (nSPS) is 14.1. The molecule has 2 N–H and O–H groups in total. The number of imide groups is 1. The SMILES string of the molecule is C[C@H](Oc1ccc(F)cc1)C(=O)NNC(=O)CN1C(=O)Cc2ccccc2C1=O. The Morgan fingerprint density at radius 3 is 2.52 bits per heavy atom. The van der Waals surface area contributed by atoms with E-state index in [1.165, 1.54) is 31.2 Å². The van der Waals surface area contributed by atoms with Crippen molar-refractivity contribution in [2.24, 2.45) is 0 Å². The van der Waals surface area contributed by atoms with E-state index in [1.54, 1.807) is 24.3 Å². The van der Waals surface area contributed by atoms with Crippen molar-refractivity contribution in [2.45, 2.75) is 19.4 Å². The van der Waals surface area contributed by atoms with Crippen LogP contribution in [0.25, 0.3) is 0 Å². The topological polar surface area (TPSA) is 105 Å². The van der Waals surface area contributed by atoms with Crippen LogP contribution in [0.4, 0.5) is 4.39 Å². The van der Waals surface area contributed by atoms with Crippen molar-refractivity contribution in [3.05, 3.63) is 65.5 Å². The molecule has 1 aliphatic rings. The number of hydrogen-bond donors (Lipinski definition) is 2. The van der Waals surface area contributed by atoms with Gasteiger partial charge in [-0.2, -0.15) is 0 Å². The summed E-state index contributed by atoms with van der Waals surface area (Å²) < 4.78 is 18.2. The molecule has 0 saturated heterocycles. The van der Waals surface area contributed by atoms with E-state index in [0.29, 0.717) is 11.1 Å². The summed E-state index contributed by atoms with van der Waals surface area (Å²) in [6.07, 6.45) is -0.963. The molecular weight excluding hydrogens is 381 g/mol. The van der Waals surface area contributed by atoms with E-state index < -0.39 is 42.1 Å². The van der Waals surface area contributed by atoms with Crippen LogP contribution in [0, 0.1) is 5.82 Å². The van der Waals surface area contributed by atoms with E-state index in [0.717, 1.165) is 4.90 Å². The van der Waals surface area contributed by atoms with E-state index >= 15 is 0 Å². The fourth-order valence-electron chi connectivity index (χ4n) is 2.75. The van der Waals surface area contributed by atoms with Crippen LogP contribution in [0.2, 0.25) is 0 Å². The lowest BCUT2D eigenvalue weighted by Crippen LogP contribution is -2.52. The first kappa shape index (κ1) is 20.0. The second kappa shape index (κ2) is 8.51. The number of nitrogens with zero attached hydrogens (tertiary/aromatic N) is 1. The molecular formula is C20H18FN3O5. The summed E-state index contributed by atoms with van der Waals surface area (Å²) in [5.41, 5.74) is 5.29. The van der Waals surface area contributed by atoms with Gasteiger partial charge >= 0.3 is 0 Å². The Morgan fingerprint density at radius 1 is 1.10 bits per heavy atom. The molecule has 0 fully saturated rings. The highest BCUT2D eigenvalue weighted by atomic mass is 19.1. The molecule has 0 aliphatic carbocycles. The molecule has 0 bridgehead atoms. The lowest BCUT2D eigenvalue weighted by molar-refractivity contribution is -0.136. The van der Waals surface area contributed by atoms with Crippen LogP contribution in [0.1, 0.15) is 22.8 Å². The van der Waals surface area contributed by atoms with Crippen molar-refractivity contribution in [2.75, 3.05) is 6.54 Å². The van der Waals surface area contributed by atoms with E-state index in [2.05, 4.69) is 10.9 Å². The van der Waals surface area contributed by atoms with Gasteiger partial charge in [-0.3, -0.25) is 34.9 Å². The summed E-state index contributed by atoms with van der Waals surface area (Å²) in [4.78, 5) is 49.5. The second-order valence-corrected chi connectivity index (χ2v) is 6.37. The molecule has 0 saturated carbocycles. The fraction of sp³-hybridized carbons (Fsp3) is 0.200. The van der Waals surface area contributed by atoms with Gasteiger partial charge in [-0.1, -0.05) is 18.2 Å². The number of hydrogen-bond acceptors (Lipinski definition) is 5. The average Bonchev–Trinajstić information content (AvgIpc) is 2.71. The summed E-state index contributed by atoms with van der Waals surface area (Å²) in [7, 11) is 0. The summed E-state index contributed by atoms with van der Waals surface area (Å²) >= 11 is 0. The van der Waals surface area contributed by atoms with Gasteiger partial charge in [0.05, 0.1) is 6.42 Å². The summed E-state index contributed by atoms with van der Waals surface area (Å²) in [5, 5.41) is 0. The molecule has 2 aromatic carbocycles. The maximum Gasteiger partial charge on any atom is 0.279 e. The molecule has 0 spiro atoms. The van der Waals surface area contributed by atoms with Gasteiger partial charge in [0, 0.05) is 5.56 Å². The molecule has 4 amide bonds. The smallest absolute Gasteiger partial charge is 0.279 e. The zero-order chi connectivity index (χ0) is 21.0. The molecule has 1 atom stereocenters. The predicted octanol–water partition coefficient (Wildman–Crippen LogP) is 0.965. The number of hydrazine groups is 1. The van der Waals surface area contributed by atoms with E-state index in [9.17, 15) is 23.6 Å². The first-order valence-electron chi connectivity index (χ1n) is 8.78. The Labute approximate surface area is 165 Å². The van der Waals surface area contributed by atoms with Gasteiger partial charge in [0.25, 0.3) is 17.7 Å². The highest BCUT2D eigenvalue weighted by Gasteiger charge is 2.32. The number of carbonyl (C=O) groups excluding carboxylic acids is 4. The number of nitrogens with one attached hydrogen (secondary N) is 2. The predicted molar refractivity (Wildman–Crippen MR) is 99.0 cm³/mol. The van der Waals surface area contributed by atoms with Crippen LogP contribution >= 0.6 is 0 Å². The van der Waals surface area contributed by atoms with E-state index in [1.807, 2.05) is 0 Å². The molecule has 9 heteroatoms. The summed E-state index contributed by atoms with van der Waals surface area (Å²) in [6.45, 7) is 0.916. The Hall–Kier alpha value is -3.75. The largest absolute Gasteiger partial charge is 0.481 e. The molecule has 3 rings (SSSR count). The van der Waals surface area contributed by atoms with Crippen LogP contribution in [-0.4, -0.2) is 41.2 Å². The number of fused-ring (bicyclic) bond motifs is 1. The van der Waals surface area contributed by atoms with Crippen LogP contribution in [-0.2, 0) is 20.8 Å². The number of halogens is 1. The highest BCUT2D eigenvalue weighted by Crippen LogP contribution is 2.19. The Bertz CT molecular complexity index is 961. The Balaban J connectivity index is 1.51. The molecule has 150 valence electrons. The van der Waals surface area contributed by atoms with Gasteiger partial charge < -0.3 is 4.74 Å². The Morgan fingerprint density at radius 2 is 1.79 bits per heavy atom. The fourth-order valence-corrected chi connectivity index (χ4v) is 2.75. The molecule has 1 aliphatic heterocycles. The van der Waals surface area contributed by atoms with Crippen molar-refractivity contribution in [1.82, 2.24) is 15.8 Å². The second-order valence-electron chi connectivity index (χ2n) is 6.37. The molecule has 8 nitrogen and oxygen atoms in total. The third-order valence-corrected chi connectivity index (χ3v) is 4.26. The number of benzene rings is 2. The quantitative estimate of drug-likeness (QED) is 0.576. The molecule has 0 aromatic heterocycles. The van der Waals surface area contributed by atoms with E-state index in [4.69, 9.17) is 4.74 Å². The lowest BCUT2D eigenvalue weighted by Gasteiger charge is -2.26. The minimum atomic E-state index is -0.981. The summed E-state index contributed by atoms with van der Waals surface area (Å²) in [5.74, 6) is -2.62. The summed E-state index contributed by atoms with van der Waals surface area (Å²) in [6, 6.07) is 11.8. The van der Waals surface area contributed by atoms with Crippen LogP contribution in [0.3, 0.4) is 0 Å². The highest BCUT2D eigenvalue weighted by molar-refractivity contribution is 6.11. The molecule has 0 unspecified atom stereocenters. The van der Waals surface area contributed by atoms with Crippen LogP contribution in [0.15, 0.2) is 48.5 Å². The van der Waals surface area contributed by atoms with Crippen LogP contribution < -0.4 is 15.6 Å². The van der Waals surface area contributed by atoms with E-state index in [-0.39, 0.29) is 12.2 Å². The first-order chi connectivity index (χ1) is 13.8. The third-order valence-electron chi connectivity index (χ3n) is 4.26. The molecule has 29 heavy (non-hydrogen) atoms. The molecule has 0 radical (unpaired) electrons. The maximum atomic E-state index is 12.9. The average molecular weight is 399 g/mol. The van der Waals surface area contributed by atoms with Gasteiger partial charge in [-0.15, -0.1) is 0 Å². The van der Waals surface area contributed by atoms with Gasteiger partial charge in [0.2, 0.25) is 5.91 Å². The Kier molecular flexibility index (Phi) is 5.87. The number of ether oxygens (including phenoxy) is 1. The zero-order valence-electron chi connectivity index (χ0n) is 15.5. The zero-order valence-corrected chi connectivity index (χ0v) is 15.5. The standard InChI is InChI=1S/C20H18FN3O5/c1-12(29-15-8-6-14(21)7-9-15)19(27)23-22-17(25)11-24-18(26)10-13-4-2-3-5-16(13)20(24)28/h2-9,12H,10-11H2,1H3,(H,22,25)(H,23,27)/t12-/m0/s1. The minimum Gasteiger partial charge on any atom is -0.481 e. The van der Waals surface area contributed by atoms with Crippen molar-refractivity contribution < 1.29 is 28.3 Å². The maximum absolute atomic E-state index is 12.9. The number of rotatable bonds is 5. The van der Waals surface area contributed by atoms with Gasteiger partial charge in [0.1, 0.15) is 18.1 Å². The number of carbonyl (C=O) groups is 4. The first-order valence-corrected chi connectivity index (χ1v) is 8.78. The lowest BCUT2D eigenvalue weighted by atomic mass is 9.98. The van der Waals surface area contributed by atoms with Gasteiger partial charge in [-0.05, 0) is 42.8 Å². The van der Waals surface area contributed by atoms with Crippen molar-refractivity contribution >= 4 is 23.6 Å². The van der Waals surface area contributed by atoms with Gasteiger partial charge in [0.15, 0.2) is 6.10 Å². The third kappa shape index (κ3) is 4.75. The van der Waals surface area contributed by atoms with Crippen molar-refractivity contribution in [3.63, 3.8) is 0 Å².